The molecule has 1 aliphatic carbocycles. The van der Waals surface area contributed by atoms with Crippen LogP contribution in [0.2, 0.25) is 0 Å². The molecular weight excluding hydrogens is 310 g/mol. The topological polar surface area (TPSA) is 86.9 Å². The molecule has 2 aliphatic heterocycles. The molecule has 7 heteroatoms. The second-order valence-electron chi connectivity index (χ2n) is 7.51. The van der Waals surface area contributed by atoms with Gasteiger partial charge in [0.05, 0.1) is 5.69 Å². The number of carbonyl (C=O) groups excluding carboxylic acids is 1. The number of rotatable bonds is 2. The Labute approximate surface area is 140 Å². The van der Waals surface area contributed by atoms with E-state index >= 15 is 0 Å². The molecule has 3 aliphatic rings. The number of hydrogen-bond acceptors (Lipinski definition) is 5. The second-order valence-corrected chi connectivity index (χ2v) is 7.51. The molecule has 7 nitrogen and oxygen atoms in total. The average Bonchev–Trinajstić information content (AvgIpc) is 3.16. The molecule has 0 spiro atoms. The number of carbonyl (C=O) groups is 2. The van der Waals surface area contributed by atoms with Crippen LogP contribution in [0.3, 0.4) is 0 Å². The lowest BCUT2D eigenvalue weighted by atomic mass is 9.73. The molecule has 130 valence electrons. The maximum Gasteiger partial charge on any atom is 0.313 e. The first-order valence-electron chi connectivity index (χ1n) is 8.70. The van der Waals surface area contributed by atoms with Crippen LogP contribution >= 0.6 is 0 Å². The van der Waals surface area contributed by atoms with Crippen LogP contribution in [0.25, 0.3) is 0 Å². The third-order valence-electron chi connectivity index (χ3n) is 5.97. The lowest BCUT2D eigenvalue weighted by molar-refractivity contribution is -0.153. The minimum Gasteiger partial charge on any atom is -0.481 e. The molecular formula is C17H23N3O4. The minimum atomic E-state index is -0.858. The van der Waals surface area contributed by atoms with E-state index < -0.39 is 11.4 Å². The Morgan fingerprint density at radius 2 is 2.08 bits per heavy atom. The van der Waals surface area contributed by atoms with Crippen molar-refractivity contribution in [1.29, 1.82) is 0 Å². The molecule has 1 N–H and O–H groups in total. The summed E-state index contributed by atoms with van der Waals surface area (Å²) in [5.74, 6) is -0.650. The van der Waals surface area contributed by atoms with Crippen LogP contribution in [0.15, 0.2) is 4.52 Å². The minimum absolute atomic E-state index is 0.00824. The van der Waals surface area contributed by atoms with Crippen LogP contribution in [0, 0.1) is 11.3 Å². The summed E-state index contributed by atoms with van der Waals surface area (Å²) in [6.07, 6.45) is 4.61. The smallest absolute Gasteiger partial charge is 0.313 e. The van der Waals surface area contributed by atoms with Crippen LogP contribution in [0.1, 0.15) is 41.1 Å². The number of nitrogens with zero attached hydrogens (tertiary/aromatic N) is 3. The molecule has 0 aromatic carbocycles. The van der Waals surface area contributed by atoms with Crippen molar-refractivity contribution >= 4 is 11.9 Å². The molecule has 1 aromatic rings. The zero-order chi connectivity index (χ0) is 16.9. The van der Waals surface area contributed by atoms with Gasteiger partial charge in [-0.05, 0) is 51.6 Å². The normalized spacial score (nSPS) is 30.0. The van der Waals surface area contributed by atoms with E-state index in [4.69, 9.17) is 4.52 Å². The molecule has 2 atom stereocenters. The predicted octanol–water partition coefficient (Wildman–Crippen LogP) is 1.03. The lowest BCUT2D eigenvalue weighted by Crippen LogP contribution is -2.52. The van der Waals surface area contributed by atoms with Gasteiger partial charge in [-0.15, -0.1) is 0 Å². The van der Waals surface area contributed by atoms with Gasteiger partial charge in [0.15, 0.2) is 0 Å². The number of aliphatic carboxylic acids is 1. The Hall–Kier alpha value is -1.89. The van der Waals surface area contributed by atoms with Crippen LogP contribution in [-0.2, 0) is 17.6 Å². The van der Waals surface area contributed by atoms with Crippen LogP contribution in [0.4, 0.5) is 0 Å². The van der Waals surface area contributed by atoms with Crippen molar-refractivity contribution < 1.29 is 19.2 Å². The van der Waals surface area contributed by atoms with E-state index in [0.29, 0.717) is 18.8 Å². The summed E-state index contributed by atoms with van der Waals surface area (Å²) < 4.78 is 5.36. The summed E-state index contributed by atoms with van der Waals surface area (Å²) in [6.45, 7) is 2.12. The van der Waals surface area contributed by atoms with Crippen molar-refractivity contribution in [1.82, 2.24) is 15.0 Å². The highest BCUT2D eigenvalue weighted by atomic mass is 16.5. The van der Waals surface area contributed by atoms with E-state index in [1.165, 1.54) is 0 Å². The molecule has 0 unspecified atom stereocenters. The van der Waals surface area contributed by atoms with Crippen LogP contribution in [-0.4, -0.2) is 65.2 Å². The number of carboxylic acids is 1. The molecule has 24 heavy (non-hydrogen) atoms. The van der Waals surface area contributed by atoms with Gasteiger partial charge in [-0.25, -0.2) is 0 Å². The molecule has 0 radical (unpaired) electrons. The van der Waals surface area contributed by atoms with Gasteiger partial charge in [0, 0.05) is 25.2 Å². The van der Waals surface area contributed by atoms with Crippen molar-refractivity contribution in [2.45, 2.75) is 32.1 Å². The van der Waals surface area contributed by atoms with E-state index in [2.05, 4.69) is 10.1 Å². The number of carboxylic acid groups (broad SMARTS) is 1. The molecule has 2 saturated heterocycles. The Bertz CT molecular complexity index is 685. The molecule has 0 bridgehead atoms. The number of fused-ring (bicyclic) bond motifs is 2. The number of piperidine rings is 1. The van der Waals surface area contributed by atoms with Gasteiger partial charge in [0.1, 0.15) is 5.41 Å². The average molecular weight is 333 g/mol. The number of aromatic nitrogens is 1. The highest BCUT2D eigenvalue weighted by molar-refractivity contribution is 5.94. The number of aryl methyl sites for hydroxylation is 1. The van der Waals surface area contributed by atoms with Gasteiger partial charge in [-0.2, -0.15) is 0 Å². The molecule has 1 amide bonds. The Kier molecular flexibility index (Phi) is 3.63. The summed E-state index contributed by atoms with van der Waals surface area (Å²) in [5, 5.41) is 13.9. The fourth-order valence-electron chi connectivity index (χ4n) is 4.63. The fraction of sp³-hybridized carbons (Fsp3) is 0.706. The molecule has 0 saturated carbocycles. The summed E-state index contributed by atoms with van der Waals surface area (Å²) in [5.41, 5.74) is 0.972. The van der Waals surface area contributed by atoms with E-state index in [-0.39, 0.29) is 18.4 Å². The monoisotopic (exact) mass is 333 g/mol. The lowest BCUT2D eigenvalue weighted by Gasteiger charge is -2.39. The van der Waals surface area contributed by atoms with Gasteiger partial charge >= 0.3 is 5.97 Å². The van der Waals surface area contributed by atoms with Crippen molar-refractivity contribution in [2.24, 2.45) is 11.3 Å². The largest absolute Gasteiger partial charge is 0.481 e. The quantitative estimate of drug-likeness (QED) is 0.870. The maximum absolute atomic E-state index is 13.0. The van der Waals surface area contributed by atoms with Crippen molar-refractivity contribution in [2.75, 3.05) is 33.2 Å². The summed E-state index contributed by atoms with van der Waals surface area (Å²) >= 11 is 0. The Morgan fingerprint density at radius 3 is 2.88 bits per heavy atom. The van der Waals surface area contributed by atoms with Gasteiger partial charge in [0.25, 0.3) is 5.91 Å². The van der Waals surface area contributed by atoms with Gasteiger partial charge in [-0.3, -0.25) is 9.59 Å². The third kappa shape index (κ3) is 2.25. The SMILES string of the molecule is CN1CC[C@H]2CN(C(=O)c3onc4c3CCCC4)C[C@@]2(C(=O)O)C1. The maximum atomic E-state index is 13.0. The van der Waals surface area contributed by atoms with Gasteiger partial charge in [0.2, 0.25) is 5.76 Å². The highest BCUT2D eigenvalue weighted by Gasteiger charge is 2.56. The van der Waals surface area contributed by atoms with E-state index in [0.717, 1.165) is 49.9 Å². The zero-order valence-electron chi connectivity index (χ0n) is 14.0. The number of likely N-dealkylation sites (tertiary alicyclic amines) is 2. The number of amides is 1. The fourth-order valence-corrected chi connectivity index (χ4v) is 4.63. The van der Waals surface area contributed by atoms with Crippen molar-refractivity contribution in [3.8, 4) is 0 Å². The Balaban J connectivity index is 1.61. The van der Waals surface area contributed by atoms with Gasteiger partial charge in [-0.1, -0.05) is 5.16 Å². The molecule has 4 rings (SSSR count). The summed E-state index contributed by atoms with van der Waals surface area (Å²) in [4.78, 5) is 28.7. The first-order chi connectivity index (χ1) is 11.5. The summed E-state index contributed by atoms with van der Waals surface area (Å²) in [7, 11) is 1.94. The third-order valence-corrected chi connectivity index (χ3v) is 5.97. The van der Waals surface area contributed by atoms with E-state index in [9.17, 15) is 14.7 Å². The zero-order valence-corrected chi connectivity index (χ0v) is 14.0. The predicted molar refractivity (Wildman–Crippen MR) is 84.7 cm³/mol. The number of hydrogen-bond donors (Lipinski definition) is 1. The first kappa shape index (κ1) is 15.6. The van der Waals surface area contributed by atoms with Crippen LogP contribution in [0.5, 0.6) is 0 Å². The van der Waals surface area contributed by atoms with E-state index in [1.54, 1.807) is 4.90 Å². The van der Waals surface area contributed by atoms with Crippen LogP contribution < -0.4 is 0 Å². The highest BCUT2D eigenvalue weighted by Crippen LogP contribution is 2.42. The first-order valence-corrected chi connectivity index (χ1v) is 8.70. The Morgan fingerprint density at radius 1 is 1.29 bits per heavy atom. The van der Waals surface area contributed by atoms with Crippen molar-refractivity contribution in [3.63, 3.8) is 0 Å². The standard InChI is InChI=1S/C17H23N3O4/c1-19-7-6-11-8-20(10-17(11,9-19)16(22)23)15(21)14-12-4-2-3-5-13(12)18-24-14/h11H,2-10H2,1H3,(H,22,23)/t11-,17-/m0/s1. The molecule has 3 heterocycles. The summed E-state index contributed by atoms with van der Waals surface area (Å²) in [6, 6.07) is 0. The van der Waals surface area contributed by atoms with Crippen molar-refractivity contribution in [3.05, 3.63) is 17.0 Å². The van der Waals surface area contributed by atoms with Gasteiger partial charge < -0.3 is 19.4 Å². The molecule has 2 fully saturated rings. The van der Waals surface area contributed by atoms with E-state index in [1.807, 2.05) is 7.05 Å². The second kappa shape index (κ2) is 5.58. The molecule has 1 aromatic heterocycles.